The van der Waals surface area contributed by atoms with Gasteiger partial charge in [-0.25, -0.2) is 9.00 Å². The predicted molar refractivity (Wildman–Crippen MR) is 58.2 cm³/mol. The van der Waals surface area contributed by atoms with Crippen LogP contribution in [0.1, 0.15) is 6.92 Å². The molecule has 1 atom stereocenters. The van der Waals surface area contributed by atoms with Gasteiger partial charge in [0.15, 0.2) is 0 Å². The fourth-order valence-corrected chi connectivity index (χ4v) is 2.12. The number of rotatable bonds is 2. The molecular weight excluding hydrogens is 214 g/mol. The highest BCUT2D eigenvalue weighted by Crippen LogP contribution is 2.10. The summed E-state index contributed by atoms with van der Waals surface area (Å²) in [4.78, 5) is 11.6. The van der Waals surface area contributed by atoms with Gasteiger partial charge in [-0.05, 0) is 19.1 Å². The minimum Gasteiger partial charge on any atom is -0.448 e. The Hall–Kier alpha value is -1.36. The van der Waals surface area contributed by atoms with Crippen LogP contribution < -0.4 is 0 Å². The van der Waals surface area contributed by atoms with E-state index in [2.05, 4.69) is 9.10 Å². The van der Waals surface area contributed by atoms with Crippen molar-refractivity contribution in [1.82, 2.24) is 0 Å². The molecule has 1 aromatic rings. The van der Waals surface area contributed by atoms with Gasteiger partial charge in [-0.3, -0.25) is 0 Å². The maximum atomic E-state index is 12.0. The summed E-state index contributed by atoms with van der Waals surface area (Å²) in [6, 6.07) is 8.65. The number of hydrogen-bond acceptors (Lipinski definition) is 3. The van der Waals surface area contributed by atoms with E-state index in [0.29, 0.717) is 4.90 Å². The highest BCUT2D eigenvalue weighted by molar-refractivity contribution is 7.93. The van der Waals surface area contributed by atoms with Crippen molar-refractivity contribution in [2.75, 3.05) is 12.9 Å². The number of amides is 1. The van der Waals surface area contributed by atoms with Crippen molar-refractivity contribution in [1.29, 1.82) is 0 Å². The molecule has 0 bridgehead atoms. The Kier molecular flexibility index (Phi) is 3.85. The Balaban J connectivity index is 3.03. The van der Waals surface area contributed by atoms with Gasteiger partial charge in [0.2, 0.25) is 0 Å². The minimum absolute atomic E-state index is 0.229. The fraction of sp³-hybridized carbons (Fsp3) is 0.300. The number of benzene rings is 1. The fourth-order valence-electron chi connectivity index (χ4n) is 1.02. The summed E-state index contributed by atoms with van der Waals surface area (Å²) >= 11 is 0. The van der Waals surface area contributed by atoms with Crippen LogP contribution >= 0.6 is 0 Å². The lowest BCUT2D eigenvalue weighted by molar-refractivity contribution is 0.164. The smallest absolute Gasteiger partial charge is 0.442 e. The molecule has 0 aliphatic heterocycles. The first kappa shape index (κ1) is 11.7. The van der Waals surface area contributed by atoms with Crippen LogP contribution in [0.25, 0.3) is 0 Å². The molecule has 1 aromatic carbocycles. The molecule has 0 radical (unpaired) electrons. The van der Waals surface area contributed by atoms with Crippen LogP contribution in [0.2, 0.25) is 0 Å². The van der Waals surface area contributed by atoms with Crippen molar-refractivity contribution < 1.29 is 13.7 Å². The molecular formula is C10H13NO3S. The van der Waals surface area contributed by atoms with Crippen LogP contribution in [-0.2, 0) is 14.5 Å². The van der Waals surface area contributed by atoms with Gasteiger partial charge >= 0.3 is 6.09 Å². The van der Waals surface area contributed by atoms with E-state index in [1.165, 1.54) is 6.26 Å². The second kappa shape index (κ2) is 4.93. The molecule has 0 fully saturated rings. The van der Waals surface area contributed by atoms with Crippen LogP contribution in [0.5, 0.6) is 0 Å². The van der Waals surface area contributed by atoms with Crippen molar-refractivity contribution in [2.24, 2.45) is 4.36 Å². The van der Waals surface area contributed by atoms with Gasteiger partial charge in [-0.15, -0.1) is 4.36 Å². The van der Waals surface area contributed by atoms with Gasteiger partial charge in [0.1, 0.15) is 0 Å². The third kappa shape index (κ3) is 3.36. The minimum atomic E-state index is -2.68. The van der Waals surface area contributed by atoms with E-state index in [0.717, 1.165) is 0 Å². The lowest BCUT2D eigenvalue weighted by Crippen LogP contribution is -2.04. The molecule has 5 heteroatoms. The van der Waals surface area contributed by atoms with Gasteiger partial charge in [-0.2, -0.15) is 0 Å². The Morgan fingerprint density at radius 3 is 2.53 bits per heavy atom. The van der Waals surface area contributed by atoms with Crippen LogP contribution in [0.15, 0.2) is 39.6 Å². The summed E-state index contributed by atoms with van der Waals surface area (Å²) in [7, 11) is -2.68. The summed E-state index contributed by atoms with van der Waals surface area (Å²) < 4.78 is 20.2. The molecule has 0 saturated carbocycles. The Bertz CT molecular complexity index is 447. The lowest BCUT2D eigenvalue weighted by Gasteiger charge is -2.03. The molecule has 0 heterocycles. The van der Waals surface area contributed by atoms with E-state index < -0.39 is 15.8 Å². The van der Waals surface area contributed by atoms with Gasteiger partial charge in [0.05, 0.1) is 16.3 Å². The van der Waals surface area contributed by atoms with E-state index in [1.54, 1.807) is 31.2 Å². The highest BCUT2D eigenvalue weighted by atomic mass is 32.2. The summed E-state index contributed by atoms with van der Waals surface area (Å²) in [5, 5.41) is 0. The first-order chi connectivity index (χ1) is 7.06. The van der Waals surface area contributed by atoms with Gasteiger partial charge < -0.3 is 4.74 Å². The first-order valence-corrected chi connectivity index (χ1v) is 6.42. The SMILES string of the molecule is CCOC(=O)N=S(C)(=O)c1ccccc1. The predicted octanol–water partition coefficient (Wildman–Crippen LogP) is 2.30. The molecule has 0 spiro atoms. The molecule has 1 unspecified atom stereocenters. The Morgan fingerprint density at radius 1 is 1.40 bits per heavy atom. The normalized spacial score (nSPS) is 14.0. The standard InChI is InChI=1S/C10H13NO3S/c1-3-14-10(12)11-15(2,13)9-7-5-4-6-8-9/h4-8H,3H2,1-2H3. The van der Waals surface area contributed by atoms with Crippen LogP contribution in [0.4, 0.5) is 4.79 Å². The van der Waals surface area contributed by atoms with E-state index in [-0.39, 0.29) is 6.61 Å². The molecule has 0 aliphatic rings. The third-order valence-corrected chi connectivity index (χ3v) is 3.34. The summed E-state index contributed by atoms with van der Waals surface area (Å²) in [5.41, 5.74) is 0. The Morgan fingerprint density at radius 2 is 2.00 bits per heavy atom. The van der Waals surface area contributed by atoms with E-state index >= 15 is 0 Å². The third-order valence-electron chi connectivity index (χ3n) is 1.70. The molecule has 0 aliphatic carbocycles. The van der Waals surface area contributed by atoms with Gasteiger partial charge in [0, 0.05) is 11.2 Å². The zero-order valence-corrected chi connectivity index (χ0v) is 9.49. The number of carbonyl (C=O) groups excluding carboxylic acids is 1. The summed E-state index contributed by atoms with van der Waals surface area (Å²) in [6.45, 7) is 1.90. The molecule has 0 aromatic heterocycles. The zero-order valence-electron chi connectivity index (χ0n) is 8.67. The van der Waals surface area contributed by atoms with Gasteiger partial charge in [0.25, 0.3) is 0 Å². The number of carbonyl (C=O) groups is 1. The van der Waals surface area contributed by atoms with Crippen molar-refractivity contribution in [3.05, 3.63) is 30.3 Å². The topological polar surface area (TPSA) is 55.7 Å². The molecule has 1 amide bonds. The zero-order chi connectivity index (χ0) is 11.3. The van der Waals surface area contributed by atoms with Crippen molar-refractivity contribution in [3.8, 4) is 0 Å². The summed E-state index contributed by atoms with van der Waals surface area (Å²) in [6.07, 6.45) is 0.632. The highest BCUT2D eigenvalue weighted by Gasteiger charge is 2.08. The first-order valence-electron chi connectivity index (χ1n) is 4.50. The van der Waals surface area contributed by atoms with Crippen molar-refractivity contribution in [2.45, 2.75) is 11.8 Å². The largest absolute Gasteiger partial charge is 0.448 e. The van der Waals surface area contributed by atoms with Crippen LogP contribution in [0.3, 0.4) is 0 Å². The number of nitrogens with zero attached hydrogens (tertiary/aromatic N) is 1. The average Bonchev–Trinajstić information content (AvgIpc) is 2.18. The molecule has 82 valence electrons. The molecule has 0 saturated heterocycles. The van der Waals surface area contributed by atoms with E-state index in [9.17, 15) is 9.00 Å². The quantitative estimate of drug-likeness (QED) is 0.779. The number of ether oxygens (including phenoxy) is 1. The van der Waals surface area contributed by atoms with Crippen LogP contribution in [0, 0.1) is 0 Å². The molecule has 4 nitrogen and oxygen atoms in total. The monoisotopic (exact) mass is 227 g/mol. The van der Waals surface area contributed by atoms with Crippen LogP contribution in [-0.4, -0.2) is 23.2 Å². The van der Waals surface area contributed by atoms with E-state index in [4.69, 9.17) is 0 Å². The van der Waals surface area contributed by atoms with E-state index in [1.807, 2.05) is 6.07 Å². The molecule has 0 N–H and O–H groups in total. The van der Waals surface area contributed by atoms with Crippen molar-refractivity contribution >= 4 is 15.8 Å². The maximum absolute atomic E-state index is 12.0. The van der Waals surface area contributed by atoms with Crippen molar-refractivity contribution in [3.63, 3.8) is 0 Å². The van der Waals surface area contributed by atoms with Gasteiger partial charge in [-0.1, -0.05) is 18.2 Å². The molecule has 15 heavy (non-hydrogen) atoms. The lowest BCUT2D eigenvalue weighted by atomic mass is 10.4. The average molecular weight is 227 g/mol. The second-order valence-electron chi connectivity index (χ2n) is 2.91. The number of hydrogen-bond donors (Lipinski definition) is 0. The second-order valence-corrected chi connectivity index (χ2v) is 5.16. The Labute approximate surface area is 89.4 Å². The summed E-state index contributed by atoms with van der Waals surface area (Å²) in [5.74, 6) is 0. The maximum Gasteiger partial charge on any atom is 0.442 e. The molecule has 1 rings (SSSR count).